The molecule has 6 nitrogen and oxygen atoms in total. The molecule has 8 heteroatoms. The van der Waals surface area contributed by atoms with E-state index in [-0.39, 0.29) is 10.5 Å². The molecule has 2 heterocycles. The van der Waals surface area contributed by atoms with E-state index in [4.69, 9.17) is 11.6 Å². The van der Waals surface area contributed by atoms with Gasteiger partial charge in [-0.3, -0.25) is 4.79 Å². The molecular formula is C20H18ClN3O3S. The Kier molecular flexibility index (Phi) is 4.33. The third kappa shape index (κ3) is 2.83. The molecule has 0 saturated heterocycles. The van der Waals surface area contributed by atoms with E-state index < -0.39 is 10.0 Å². The van der Waals surface area contributed by atoms with Crippen molar-refractivity contribution < 1.29 is 8.42 Å². The van der Waals surface area contributed by atoms with Crippen LogP contribution in [-0.4, -0.2) is 36.8 Å². The van der Waals surface area contributed by atoms with Crippen molar-refractivity contribution in [2.75, 3.05) is 14.1 Å². The van der Waals surface area contributed by atoms with Crippen molar-refractivity contribution in [3.05, 3.63) is 63.4 Å². The number of fused-ring (bicyclic) bond motifs is 3. The molecule has 2 N–H and O–H groups in total. The number of aromatic nitrogens is 2. The molecule has 2 aromatic heterocycles. The van der Waals surface area contributed by atoms with Gasteiger partial charge in [-0.25, -0.2) is 12.7 Å². The van der Waals surface area contributed by atoms with E-state index in [0.29, 0.717) is 27.2 Å². The molecule has 144 valence electrons. The van der Waals surface area contributed by atoms with Gasteiger partial charge in [0, 0.05) is 41.1 Å². The van der Waals surface area contributed by atoms with Gasteiger partial charge < -0.3 is 9.97 Å². The summed E-state index contributed by atoms with van der Waals surface area (Å²) in [7, 11) is -0.622. The van der Waals surface area contributed by atoms with E-state index in [0.717, 1.165) is 20.7 Å². The Morgan fingerprint density at radius 1 is 1.00 bits per heavy atom. The lowest BCUT2D eigenvalue weighted by Crippen LogP contribution is -2.22. The van der Waals surface area contributed by atoms with Crippen LogP contribution in [0.5, 0.6) is 0 Å². The number of sulfonamides is 1. The van der Waals surface area contributed by atoms with Crippen LogP contribution in [0.15, 0.2) is 52.2 Å². The van der Waals surface area contributed by atoms with Gasteiger partial charge in [-0.05, 0) is 42.8 Å². The highest BCUT2D eigenvalue weighted by Crippen LogP contribution is 2.34. The lowest BCUT2D eigenvalue weighted by molar-refractivity contribution is 0.521. The fourth-order valence-electron chi connectivity index (χ4n) is 3.37. The number of H-pyrrole nitrogens is 2. The number of hydrogen-bond acceptors (Lipinski definition) is 3. The second kappa shape index (κ2) is 6.48. The molecule has 0 fully saturated rings. The monoisotopic (exact) mass is 415 g/mol. The third-order valence-corrected chi connectivity index (χ3v) is 6.91. The smallest absolute Gasteiger partial charge is 0.252 e. The second-order valence-electron chi connectivity index (χ2n) is 6.83. The van der Waals surface area contributed by atoms with Crippen LogP contribution < -0.4 is 5.56 Å². The summed E-state index contributed by atoms with van der Waals surface area (Å²) in [6.07, 6.45) is 0. The molecular weight excluding hydrogens is 398 g/mol. The zero-order valence-corrected chi connectivity index (χ0v) is 17.1. The number of halogens is 1. The normalized spacial score (nSPS) is 12.3. The summed E-state index contributed by atoms with van der Waals surface area (Å²) in [5.41, 5.74) is 3.79. The summed E-state index contributed by atoms with van der Waals surface area (Å²) in [5, 5.41) is 1.37. The molecule has 0 aliphatic carbocycles. The van der Waals surface area contributed by atoms with Crippen LogP contribution in [0.1, 0.15) is 5.56 Å². The zero-order valence-electron chi connectivity index (χ0n) is 15.5. The number of rotatable bonds is 3. The molecule has 4 aromatic rings. The molecule has 0 aliphatic rings. The standard InChI is InChI=1S/C20H18ClN3O3S/c1-11-17(12-5-4-6-14(9-12)28(26,27)24(2)3)19-18(23-20(11)25)15-10-13(21)7-8-16(15)22-19/h4-10,22H,1-3H3,(H,23,25). The Hall–Kier alpha value is -2.61. The van der Waals surface area contributed by atoms with Crippen molar-refractivity contribution in [2.45, 2.75) is 11.8 Å². The van der Waals surface area contributed by atoms with Crippen LogP contribution in [0.2, 0.25) is 5.02 Å². The third-order valence-electron chi connectivity index (χ3n) is 4.87. The van der Waals surface area contributed by atoms with Crippen molar-refractivity contribution in [1.82, 2.24) is 14.3 Å². The Morgan fingerprint density at radius 3 is 2.46 bits per heavy atom. The Bertz CT molecular complexity index is 1400. The molecule has 0 aliphatic heterocycles. The largest absolute Gasteiger partial charge is 0.353 e. The Balaban J connectivity index is 2.08. The number of pyridine rings is 1. The summed E-state index contributed by atoms with van der Waals surface area (Å²) in [6.45, 7) is 1.72. The number of nitrogens with one attached hydrogen (secondary N) is 2. The summed E-state index contributed by atoms with van der Waals surface area (Å²) >= 11 is 6.13. The molecule has 0 bridgehead atoms. The first-order chi connectivity index (χ1) is 13.2. The van der Waals surface area contributed by atoms with Gasteiger partial charge in [-0.15, -0.1) is 0 Å². The lowest BCUT2D eigenvalue weighted by atomic mass is 10.0. The zero-order chi connectivity index (χ0) is 20.2. The van der Waals surface area contributed by atoms with E-state index in [1.165, 1.54) is 14.1 Å². The molecule has 0 saturated carbocycles. The number of hydrogen-bond donors (Lipinski definition) is 2. The van der Waals surface area contributed by atoms with Crippen LogP contribution in [0.3, 0.4) is 0 Å². The molecule has 0 radical (unpaired) electrons. The summed E-state index contributed by atoms with van der Waals surface area (Å²) < 4.78 is 26.3. The average molecular weight is 416 g/mol. The van der Waals surface area contributed by atoms with E-state index in [2.05, 4.69) is 9.97 Å². The van der Waals surface area contributed by atoms with Gasteiger partial charge in [0.2, 0.25) is 10.0 Å². The fraction of sp³-hybridized carbons (Fsp3) is 0.150. The molecule has 0 atom stereocenters. The van der Waals surface area contributed by atoms with Crippen molar-refractivity contribution >= 4 is 43.6 Å². The van der Waals surface area contributed by atoms with Crippen LogP contribution in [0.25, 0.3) is 33.1 Å². The minimum absolute atomic E-state index is 0.169. The summed E-state index contributed by atoms with van der Waals surface area (Å²) in [5.74, 6) is 0. The van der Waals surface area contributed by atoms with Gasteiger partial charge in [0.1, 0.15) is 0 Å². The highest BCUT2D eigenvalue weighted by molar-refractivity contribution is 7.89. The van der Waals surface area contributed by atoms with Crippen molar-refractivity contribution in [3.63, 3.8) is 0 Å². The van der Waals surface area contributed by atoms with Gasteiger partial charge in [0.15, 0.2) is 0 Å². The van der Waals surface area contributed by atoms with Gasteiger partial charge >= 0.3 is 0 Å². The minimum Gasteiger partial charge on any atom is -0.353 e. The van der Waals surface area contributed by atoms with E-state index in [9.17, 15) is 13.2 Å². The van der Waals surface area contributed by atoms with Gasteiger partial charge in [0.25, 0.3) is 5.56 Å². The van der Waals surface area contributed by atoms with Crippen molar-refractivity contribution in [3.8, 4) is 11.1 Å². The topological polar surface area (TPSA) is 86.0 Å². The molecule has 0 amide bonds. The van der Waals surface area contributed by atoms with E-state index >= 15 is 0 Å². The van der Waals surface area contributed by atoms with Gasteiger partial charge in [-0.1, -0.05) is 23.7 Å². The quantitative estimate of drug-likeness (QED) is 0.532. The first kappa shape index (κ1) is 18.7. The van der Waals surface area contributed by atoms with Crippen LogP contribution in [0.4, 0.5) is 0 Å². The maximum atomic E-state index is 12.6. The molecule has 0 spiro atoms. The molecule has 2 aromatic carbocycles. The van der Waals surface area contributed by atoms with E-state index in [1.807, 2.05) is 6.07 Å². The lowest BCUT2D eigenvalue weighted by Gasteiger charge is -2.13. The van der Waals surface area contributed by atoms with Crippen LogP contribution >= 0.6 is 11.6 Å². The summed E-state index contributed by atoms with van der Waals surface area (Å²) in [4.78, 5) is 19.0. The highest BCUT2D eigenvalue weighted by Gasteiger charge is 2.20. The maximum absolute atomic E-state index is 12.6. The van der Waals surface area contributed by atoms with Crippen LogP contribution in [-0.2, 0) is 10.0 Å². The molecule has 28 heavy (non-hydrogen) atoms. The number of nitrogens with zero attached hydrogens (tertiary/aromatic N) is 1. The maximum Gasteiger partial charge on any atom is 0.252 e. The Morgan fingerprint density at radius 2 is 1.75 bits per heavy atom. The first-order valence-corrected chi connectivity index (χ1v) is 10.4. The van der Waals surface area contributed by atoms with Crippen molar-refractivity contribution in [1.29, 1.82) is 0 Å². The Labute approximate surface area is 166 Å². The molecule has 4 rings (SSSR count). The van der Waals surface area contributed by atoms with Gasteiger partial charge in [0.05, 0.1) is 15.9 Å². The predicted molar refractivity (Wildman–Crippen MR) is 112 cm³/mol. The number of aromatic amines is 2. The first-order valence-electron chi connectivity index (χ1n) is 8.57. The minimum atomic E-state index is -3.59. The van der Waals surface area contributed by atoms with Crippen LogP contribution in [0, 0.1) is 6.92 Å². The van der Waals surface area contributed by atoms with Gasteiger partial charge in [-0.2, -0.15) is 0 Å². The SMILES string of the molecule is Cc1c(-c2cccc(S(=O)(=O)N(C)C)c2)c2[nH]c3ccc(Cl)cc3c2[nH]c1=O. The van der Waals surface area contributed by atoms with E-state index in [1.54, 1.807) is 43.3 Å². The predicted octanol–water partition coefficient (Wildman–Crippen LogP) is 3.89. The highest BCUT2D eigenvalue weighted by atomic mass is 35.5. The summed E-state index contributed by atoms with van der Waals surface area (Å²) in [6, 6.07) is 12.0. The van der Waals surface area contributed by atoms with Crippen molar-refractivity contribution in [2.24, 2.45) is 0 Å². The number of benzene rings is 2. The molecule has 0 unspecified atom stereocenters. The second-order valence-corrected chi connectivity index (χ2v) is 9.42. The fourth-order valence-corrected chi connectivity index (χ4v) is 4.49. The average Bonchev–Trinajstić information content (AvgIpc) is 2.99.